The first-order valence-corrected chi connectivity index (χ1v) is 7.58. The fourth-order valence-electron chi connectivity index (χ4n) is 2.06. The van der Waals surface area contributed by atoms with Crippen LogP contribution in [0.4, 0.5) is 0 Å². The van der Waals surface area contributed by atoms with Crippen LogP contribution in [0.5, 0.6) is 0 Å². The van der Waals surface area contributed by atoms with Gasteiger partial charge in [-0.05, 0) is 48.5 Å². The fraction of sp³-hybridized carbons (Fsp3) is 0. The van der Waals surface area contributed by atoms with Crippen LogP contribution < -0.4 is 0 Å². The second kappa shape index (κ2) is 13.9. The first kappa shape index (κ1) is 24.7. The van der Waals surface area contributed by atoms with Crippen molar-refractivity contribution in [3.05, 3.63) is 97.6 Å². The smallest absolute Gasteiger partial charge is 0.0886 e. The molecule has 0 aliphatic carbocycles. The second-order valence-electron chi connectivity index (χ2n) is 4.86. The predicted molar refractivity (Wildman–Crippen MR) is 109 cm³/mol. The van der Waals surface area contributed by atoms with Gasteiger partial charge in [-0.2, -0.15) is 0 Å². The van der Waals surface area contributed by atoms with Crippen LogP contribution in [0.3, 0.4) is 0 Å². The molecule has 0 aromatic carbocycles. The Morgan fingerprint density at radius 1 is 0.370 bits per heavy atom. The van der Waals surface area contributed by atoms with Gasteiger partial charge in [0.2, 0.25) is 0 Å². The van der Waals surface area contributed by atoms with Crippen molar-refractivity contribution >= 4 is 24.8 Å². The van der Waals surface area contributed by atoms with Gasteiger partial charge < -0.3 is 0 Å². The fourth-order valence-corrected chi connectivity index (χ4v) is 2.06. The van der Waals surface area contributed by atoms with Crippen molar-refractivity contribution in [3.63, 3.8) is 0 Å². The molecule has 0 bridgehead atoms. The molecule has 0 saturated heterocycles. The summed E-state index contributed by atoms with van der Waals surface area (Å²) in [5.74, 6) is 0. The van der Waals surface area contributed by atoms with Crippen molar-refractivity contribution in [2.24, 2.45) is 0 Å². The first-order valence-electron chi connectivity index (χ1n) is 7.58. The van der Waals surface area contributed by atoms with Gasteiger partial charge >= 0.3 is 0 Å². The zero-order chi connectivity index (χ0) is 16.5. The van der Waals surface area contributed by atoms with E-state index in [2.05, 4.69) is 19.9 Å². The first-order chi connectivity index (χ1) is 11.9. The van der Waals surface area contributed by atoms with E-state index in [0.717, 1.165) is 22.8 Å². The van der Waals surface area contributed by atoms with Gasteiger partial charge in [0.15, 0.2) is 0 Å². The number of pyridine rings is 4. The van der Waals surface area contributed by atoms with E-state index in [9.17, 15) is 0 Å². The third kappa shape index (κ3) is 7.86. The van der Waals surface area contributed by atoms with Gasteiger partial charge in [-0.1, -0.05) is 24.3 Å². The summed E-state index contributed by atoms with van der Waals surface area (Å²) in [5.41, 5.74) is 3.66. The summed E-state index contributed by atoms with van der Waals surface area (Å²) in [4.78, 5) is 16.7. The summed E-state index contributed by atoms with van der Waals surface area (Å²) in [7, 11) is 0. The Hall–Kier alpha value is -2.29. The SMILES string of the molecule is Cl.Cl.[Cr].c1ccc(-c2ccccn2)nc1.c1ccc(-c2ccccn2)nc1. The van der Waals surface area contributed by atoms with E-state index in [1.807, 2.05) is 72.8 Å². The standard InChI is InChI=1S/2C10H8N2.2ClH.Cr/c2*1-3-7-11-9(5-1)10-6-2-4-8-12-10;;;/h2*1-8H;2*1H;. The van der Waals surface area contributed by atoms with Crippen molar-refractivity contribution in [1.29, 1.82) is 0 Å². The third-order valence-electron chi connectivity index (χ3n) is 3.18. The quantitative estimate of drug-likeness (QED) is 0.437. The molecule has 4 nitrogen and oxygen atoms in total. The van der Waals surface area contributed by atoms with Crippen LogP contribution >= 0.6 is 24.8 Å². The molecule has 138 valence electrons. The molecule has 0 saturated carbocycles. The van der Waals surface area contributed by atoms with Crippen molar-refractivity contribution in [2.75, 3.05) is 0 Å². The number of nitrogens with zero attached hydrogens (tertiary/aromatic N) is 4. The molecule has 27 heavy (non-hydrogen) atoms. The van der Waals surface area contributed by atoms with E-state index in [0.29, 0.717) is 0 Å². The minimum absolute atomic E-state index is 0. The summed E-state index contributed by atoms with van der Waals surface area (Å²) in [6.45, 7) is 0. The second-order valence-corrected chi connectivity index (χ2v) is 4.86. The Bertz CT molecular complexity index is 702. The van der Waals surface area contributed by atoms with Gasteiger partial charge in [0.05, 0.1) is 22.8 Å². The Morgan fingerprint density at radius 2 is 0.593 bits per heavy atom. The van der Waals surface area contributed by atoms with Crippen molar-refractivity contribution in [2.45, 2.75) is 0 Å². The number of hydrogen-bond acceptors (Lipinski definition) is 4. The van der Waals surface area contributed by atoms with Crippen molar-refractivity contribution < 1.29 is 17.4 Å². The molecule has 4 rings (SSSR count). The maximum Gasteiger partial charge on any atom is 0.0886 e. The monoisotopic (exact) mass is 436 g/mol. The van der Waals surface area contributed by atoms with Gasteiger partial charge in [-0.3, -0.25) is 19.9 Å². The van der Waals surface area contributed by atoms with Gasteiger partial charge in [0.1, 0.15) is 0 Å². The van der Waals surface area contributed by atoms with E-state index in [1.165, 1.54) is 0 Å². The largest absolute Gasteiger partial charge is 0.255 e. The molecule has 0 N–H and O–H groups in total. The molecule has 0 radical (unpaired) electrons. The van der Waals surface area contributed by atoms with E-state index >= 15 is 0 Å². The van der Waals surface area contributed by atoms with Gasteiger partial charge in [-0.15, -0.1) is 24.8 Å². The van der Waals surface area contributed by atoms with Crippen LogP contribution in [-0.2, 0) is 17.4 Å². The molecule has 4 aromatic rings. The van der Waals surface area contributed by atoms with Crippen LogP contribution in [0.2, 0.25) is 0 Å². The molecular formula is C20H18Cl2CrN4. The number of hydrogen-bond donors (Lipinski definition) is 0. The molecule has 0 fully saturated rings. The van der Waals surface area contributed by atoms with Crippen LogP contribution in [0.1, 0.15) is 0 Å². The van der Waals surface area contributed by atoms with Gasteiger partial charge in [-0.25, -0.2) is 0 Å². The summed E-state index contributed by atoms with van der Waals surface area (Å²) in [6.07, 6.45) is 7.07. The van der Waals surface area contributed by atoms with Crippen LogP contribution in [0.15, 0.2) is 97.6 Å². The van der Waals surface area contributed by atoms with E-state index in [-0.39, 0.29) is 42.2 Å². The third-order valence-corrected chi connectivity index (χ3v) is 3.18. The van der Waals surface area contributed by atoms with Gasteiger partial charge in [0.25, 0.3) is 0 Å². The van der Waals surface area contributed by atoms with E-state index in [4.69, 9.17) is 0 Å². The van der Waals surface area contributed by atoms with E-state index in [1.54, 1.807) is 24.8 Å². The molecule has 0 unspecified atom stereocenters. The zero-order valence-corrected chi connectivity index (χ0v) is 17.2. The Morgan fingerprint density at radius 3 is 0.741 bits per heavy atom. The molecular weight excluding hydrogens is 419 g/mol. The molecule has 0 spiro atoms. The molecule has 4 aromatic heterocycles. The van der Waals surface area contributed by atoms with Crippen LogP contribution in [-0.4, -0.2) is 19.9 Å². The minimum atomic E-state index is 0. The normalized spacial score (nSPS) is 8.59. The maximum absolute atomic E-state index is 4.19. The summed E-state index contributed by atoms with van der Waals surface area (Å²) in [5, 5.41) is 0. The minimum Gasteiger partial charge on any atom is -0.255 e. The number of aromatic nitrogens is 4. The molecule has 7 heteroatoms. The number of halogens is 2. The molecule has 4 heterocycles. The molecule has 0 aliphatic heterocycles. The van der Waals surface area contributed by atoms with Crippen LogP contribution in [0.25, 0.3) is 22.8 Å². The van der Waals surface area contributed by atoms with E-state index < -0.39 is 0 Å². The molecule has 0 atom stereocenters. The average molecular weight is 437 g/mol. The van der Waals surface area contributed by atoms with Crippen molar-refractivity contribution in [3.8, 4) is 22.8 Å². The Balaban J connectivity index is 0.000000451. The Kier molecular flexibility index (Phi) is 12.7. The van der Waals surface area contributed by atoms with Gasteiger partial charge in [0, 0.05) is 42.1 Å². The topological polar surface area (TPSA) is 51.6 Å². The number of rotatable bonds is 2. The molecule has 0 aliphatic rings. The van der Waals surface area contributed by atoms with Crippen LogP contribution in [0, 0.1) is 0 Å². The summed E-state index contributed by atoms with van der Waals surface area (Å²) < 4.78 is 0. The summed E-state index contributed by atoms with van der Waals surface area (Å²) >= 11 is 0. The maximum atomic E-state index is 4.19. The van der Waals surface area contributed by atoms with Crippen molar-refractivity contribution in [1.82, 2.24) is 19.9 Å². The predicted octanol–water partition coefficient (Wildman–Crippen LogP) is 5.13. The zero-order valence-electron chi connectivity index (χ0n) is 14.3. The Labute approximate surface area is 182 Å². The average Bonchev–Trinajstić information content (AvgIpc) is 2.71. The summed E-state index contributed by atoms with van der Waals surface area (Å²) in [6, 6.07) is 23.2. The molecule has 0 amide bonds.